The van der Waals surface area contributed by atoms with Gasteiger partial charge in [-0.3, -0.25) is 4.98 Å². The minimum atomic E-state index is -1.56. The molecule has 0 aliphatic heterocycles. The van der Waals surface area contributed by atoms with Gasteiger partial charge < -0.3 is 19.7 Å². The van der Waals surface area contributed by atoms with Gasteiger partial charge in [-0.25, -0.2) is 0 Å². The Balaban J connectivity index is 2.12. The molecule has 0 unspecified atom stereocenters. The number of pyridine rings is 1. The van der Waals surface area contributed by atoms with Crippen LogP contribution in [0.5, 0.6) is 5.75 Å². The third kappa shape index (κ3) is 3.10. The second-order valence-corrected chi connectivity index (χ2v) is 3.70. The Hall–Kier alpha value is -1.82. The summed E-state index contributed by atoms with van der Waals surface area (Å²) in [5, 5.41) is 27.9. The highest BCUT2D eigenvalue weighted by Gasteiger charge is 2.19. The van der Waals surface area contributed by atoms with Crippen molar-refractivity contribution in [3.8, 4) is 5.75 Å². The predicted octanol–water partition coefficient (Wildman–Crippen LogP) is -1.47. The average molecular weight is 243 g/mol. The summed E-state index contributed by atoms with van der Waals surface area (Å²) in [5.41, 5.74) is 0.870. The largest absolute Gasteiger partial charge is 0.560 e. The second kappa shape index (κ2) is 5.68. The highest BCUT2D eigenvalue weighted by atomic mass is 16.5. The van der Waals surface area contributed by atoms with Gasteiger partial charge in [0.2, 0.25) is 0 Å². The van der Waals surface area contributed by atoms with Crippen LogP contribution < -0.4 is 15.6 Å². The van der Waals surface area contributed by atoms with Gasteiger partial charge in [-0.1, -0.05) is 12.1 Å². The summed E-state index contributed by atoms with van der Waals surface area (Å²) in [6, 6.07) is 9.51. The van der Waals surface area contributed by atoms with Gasteiger partial charge in [0, 0.05) is 12.4 Å². The first kappa shape index (κ1) is 12.6. The summed E-state index contributed by atoms with van der Waals surface area (Å²) in [6.07, 6.45) is 3.10. The van der Waals surface area contributed by atoms with Crippen LogP contribution >= 0.6 is 0 Å². The minimum absolute atomic E-state index is 0.300. The fraction of sp³-hybridized carbons (Fsp3) is 0. The highest BCUT2D eigenvalue weighted by molar-refractivity contribution is 6.61. The van der Waals surface area contributed by atoms with E-state index in [-0.39, 0.29) is 0 Å². The normalized spacial score (nSPS) is 9.94. The lowest BCUT2D eigenvalue weighted by Crippen LogP contribution is -2.37. The van der Waals surface area contributed by atoms with E-state index in [1.54, 1.807) is 42.7 Å². The van der Waals surface area contributed by atoms with Crippen LogP contribution in [0.1, 0.15) is 0 Å². The zero-order valence-electron chi connectivity index (χ0n) is 9.47. The summed E-state index contributed by atoms with van der Waals surface area (Å²) in [5.74, 6) is 0.352. The Morgan fingerprint density at radius 2 is 1.67 bits per heavy atom. The lowest BCUT2D eigenvalue weighted by atomic mass is 9.79. The number of hydrogen-bond donors (Lipinski definition) is 3. The maximum Gasteiger partial charge on any atom is 0.560 e. The molecule has 0 saturated heterocycles. The van der Waals surface area contributed by atoms with Gasteiger partial charge in [0.1, 0.15) is 5.75 Å². The first-order valence-corrected chi connectivity index (χ1v) is 5.37. The predicted molar refractivity (Wildman–Crippen MR) is 68.7 cm³/mol. The van der Waals surface area contributed by atoms with Crippen molar-refractivity contribution in [1.29, 1.82) is 0 Å². The molecule has 18 heavy (non-hydrogen) atoms. The zero-order chi connectivity index (χ0) is 13.0. The van der Waals surface area contributed by atoms with Gasteiger partial charge in [-0.05, 0) is 35.2 Å². The number of nitrogens with zero attached hydrogens (tertiary/aromatic N) is 1. The first-order chi connectivity index (χ1) is 8.66. The molecule has 1 aromatic carbocycles. The monoisotopic (exact) mass is 243 g/mol. The van der Waals surface area contributed by atoms with E-state index in [0.717, 1.165) is 0 Å². The van der Waals surface area contributed by atoms with Gasteiger partial charge >= 0.3 is 14.2 Å². The van der Waals surface area contributed by atoms with Crippen LogP contribution in [0.25, 0.3) is 0 Å². The molecule has 0 aliphatic carbocycles. The van der Waals surface area contributed by atoms with Crippen molar-refractivity contribution < 1.29 is 19.7 Å². The van der Waals surface area contributed by atoms with E-state index in [0.29, 0.717) is 16.7 Å². The molecule has 0 radical (unpaired) electrons. The molecular weight excluding hydrogens is 232 g/mol. The van der Waals surface area contributed by atoms with Crippen LogP contribution in [0, 0.1) is 0 Å². The van der Waals surface area contributed by atoms with Crippen molar-refractivity contribution in [3.05, 3.63) is 48.8 Å². The van der Waals surface area contributed by atoms with E-state index in [1.165, 1.54) is 6.07 Å². The Bertz CT molecular complexity index is 509. The Labute approximate surface area is 105 Å². The standard InChI is InChI=1S/C11H11B2NO4/c15-12(16)10-2-1-3-11(8-10)18-13(17)9-4-6-14-7-5-9/h1-8,15-17H. The van der Waals surface area contributed by atoms with E-state index in [9.17, 15) is 5.02 Å². The lowest BCUT2D eigenvalue weighted by molar-refractivity contribution is 0.422. The number of hydrogen-bond acceptors (Lipinski definition) is 5. The van der Waals surface area contributed by atoms with Gasteiger partial charge in [-0.15, -0.1) is 0 Å². The number of benzene rings is 1. The maximum atomic E-state index is 9.83. The summed E-state index contributed by atoms with van der Waals surface area (Å²) in [6.45, 7) is 0. The Morgan fingerprint density at radius 3 is 2.33 bits per heavy atom. The Kier molecular flexibility index (Phi) is 3.99. The smallest absolute Gasteiger partial charge is 0.532 e. The molecule has 0 aliphatic rings. The van der Waals surface area contributed by atoms with Crippen LogP contribution in [0.4, 0.5) is 0 Å². The average Bonchev–Trinajstić information content (AvgIpc) is 2.40. The Morgan fingerprint density at radius 1 is 0.944 bits per heavy atom. The molecule has 2 rings (SSSR count). The molecule has 2 aromatic rings. The third-order valence-electron chi connectivity index (χ3n) is 2.40. The molecule has 7 heteroatoms. The number of aromatic nitrogens is 1. The van der Waals surface area contributed by atoms with E-state index < -0.39 is 14.2 Å². The molecule has 0 atom stereocenters. The third-order valence-corrected chi connectivity index (χ3v) is 2.40. The van der Waals surface area contributed by atoms with Gasteiger partial charge in [0.05, 0.1) is 0 Å². The van der Waals surface area contributed by atoms with Crippen molar-refractivity contribution in [2.75, 3.05) is 0 Å². The molecule has 0 amide bonds. The molecule has 0 saturated carbocycles. The molecule has 0 spiro atoms. The maximum absolute atomic E-state index is 9.83. The van der Waals surface area contributed by atoms with Crippen LogP contribution in [0.2, 0.25) is 0 Å². The SMILES string of the molecule is OB(O)c1cccc(OB(O)c2ccncc2)c1. The van der Waals surface area contributed by atoms with Crippen LogP contribution in [0.3, 0.4) is 0 Å². The minimum Gasteiger partial charge on any atom is -0.532 e. The molecular formula is C11H11B2NO4. The fourth-order valence-electron chi connectivity index (χ4n) is 1.47. The molecule has 0 fully saturated rings. The molecule has 1 heterocycles. The summed E-state index contributed by atoms with van der Waals surface area (Å²) in [7, 11) is -2.69. The molecule has 3 N–H and O–H groups in total. The number of rotatable bonds is 4. The topological polar surface area (TPSA) is 82.8 Å². The fourth-order valence-corrected chi connectivity index (χ4v) is 1.47. The van der Waals surface area contributed by atoms with E-state index in [1.807, 2.05) is 0 Å². The summed E-state index contributed by atoms with van der Waals surface area (Å²) < 4.78 is 5.30. The summed E-state index contributed by atoms with van der Waals surface area (Å²) >= 11 is 0. The molecule has 5 nitrogen and oxygen atoms in total. The van der Waals surface area contributed by atoms with Gasteiger partial charge in [-0.2, -0.15) is 0 Å². The second-order valence-electron chi connectivity index (χ2n) is 3.70. The quantitative estimate of drug-likeness (QED) is 0.571. The van der Waals surface area contributed by atoms with Crippen molar-refractivity contribution >= 4 is 25.2 Å². The van der Waals surface area contributed by atoms with Crippen LogP contribution in [-0.2, 0) is 0 Å². The molecule has 0 bridgehead atoms. The lowest BCUT2D eigenvalue weighted by Gasteiger charge is -2.10. The molecule has 90 valence electrons. The van der Waals surface area contributed by atoms with E-state index >= 15 is 0 Å². The summed E-state index contributed by atoms with van der Waals surface area (Å²) in [4.78, 5) is 3.84. The van der Waals surface area contributed by atoms with Crippen molar-refractivity contribution in [2.24, 2.45) is 0 Å². The van der Waals surface area contributed by atoms with Crippen molar-refractivity contribution in [2.45, 2.75) is 0 Å². The van der Waals surface area contributed by atoms with Crippen molar-refractivity contribution in [3.63, 3.8) is 0 Å². The highest BCUT2D eigenvalue weighted by Crippen LogP contribution is 2.08. The first-order valence-electron chi connectivity index (χ1n) is 5.37. The van der Waals surface area contributed by atoms with Crippen LogP contribution in [0.15, 0.2) is 48.8 Å². The molecule has 1 aromatic heterocycles. The van der Waals surface area contributed by atoms with E-state index in [2.05, 4.69) is 4.98 Å². The van der Waals surface area contributed by atoms with E-state index in [4.69, 9.17) is 14.7 Å². The van der Waals surface area contributed by atoms with Gasteiger partial charge in [0.25, 0.3) is 0 Å². The zero-order valence-corrected chi connectivity index (χ0v) is 9.47. The van der Waals surface area contributed by atoms with Crippen molar-refractivity contribution in [1.82, 2.24) is 4.98 Å². The van der Waals surface area contributed by atoms with Crippen LogP contribution in [-0.4, -0.2) is 34.3 Å². The van der Waals surface area contributed by atoms with Gasteiger partial charge in [0.15, 0.2) is 0 Å².